The number of aromatic nitrogens is 2. The highest BCUT2D eigenvalue weighted by molar-refractivity contribution is 4.90. The van der Waals surface area contributed by atoms with Crippen molar-refractivity contribution in [2.75, 3.05) is 13.2 Å². The summed E-state index contributed by atoms with van der Waals surface area (Å²) in [5.74, 6) is 2.14. The number of hydrogen-bond acceptors (Lipinski definition) is 5. The molecule has 1 aromatic rings. The summed E-state index contributed by atoms with van der Waals surface area (Å²) in [5, 5.41) is 4.04. The summed E-state index contributed by atoms with van der Waals surface area (Å²) in [7, 11) is 0. The Hall–Kier alpha value is -0.940. The fraction of sp³-hybridized carbons (Fsp3) is 0.857. The van der Waals surface area contributed by atoms with E-state index in [0.717, 1.165) is 57.0 Å². The van der Waals surface area contributed by atoms with E-state index in [9.17, 15) is 0 Å². The van der Waals surface area contributed by atoms with Crippen LogP contribution in [0.1, 0.15) is 50.7 Å². The van der Waals surface area contributed by atoms with E-state index in [1.165, 1.54) is 12.8 Å². The van der Waals surface area contributed by atoms with Crippen LogP contribution in [0.15, 0.2) is 4.52 Å². The Morgan fingerprint density at radius 3 is 3.00 bits per heavy atom. The molecule has 2 heterocycles. The molecule has 2 atom stereocenters. The molecule has 0 spiro atoms. The molecule has 0 saturated carbocycles. The van der Waals surface area contributed by atoms with E-state index in [4.69, 9.17) is 15.0 Å². The number of nitrogens with zero attached hydrogens (tertiary/aromatic N) is 2. The van der Waals surface area contributed by atoms with Crippen LogP contribution < -0.4 is 5.73 Å². The zero-order chi connectivity index (χ0) is 13.5. The van der Waals surface area contributed by atoms with Crippen molar-refractivity contribution in [3.63, 3.8) is 0 Å². The molecule has 0 bridgehead atoms. The summed E-state index contributed by atoms with van der Waals surface area (Å²) in [5.41, 5.74) is 5.54. The molecule has 1 aromatic heterocycles. The van der Waals surface area contributed by atoms with Crippen LogP contribution >= 0.6 is 0 Å². The number of aryl methyl sites for hydroxylation is 1. The quantitative estimate of drug-likeness (QED) is 0.819. The van der Waals surface area contributed by atoms with Gasteiger partial charge in [-0.2, -0.15) is 4.98 Å². The van der Waals surface area contributed by atoms with Crippen LogP contribution in [0.3, 0.4) is 0 Å². The lowest BCUT2D eigenvalue weighted by Gasteiger charge is -2.20. The predicted molar refractivity (Wildman–Crippen MR) is 72.7 cm³/mol. The fourth-order valence-corrected chi connectivity index (χ4v) is 2.45. The number of nitrogens with two attached hydrogens (primary N) is 1. The first-order valence-electron chi connectivity index (χ1n) is 7.41. The van der Waals surface area contributed by atoms with E-state index < -0.39 is 0 Å². The molecular weight excluding hydrogens is 242 g/mol. The van der Waals surface area contributed by atoms with Gasteiger partial charge in [-0.1, -0.05) is 12.1 Å². The van der Waals surface area contributed by atoms with Crippen LogP contribution in [-0.2, 0) is 17.6 Å². The van der Waals surface area contributed by atoms with Gasteiger partial charge in [0.05, 0.1) is 6.10 Å². The van der Waals surface area contributed by atoms with E-state index in [2.05, 4.69) is 17.1 Å². The van der Waals surface area contributed by atoms with Gasteiger partial charge in [-0.3, -0.25) is 0 Å². The zero-order valence-corrected chi connectivity index (χ0v) is 11.8. The second kappa shape index (κ2) is 7.60. The summed E-state index contributed by atoms with van der Waals surface area (Å²) in [6, 6.07) is 0. The van der Waals surface area contributed by atoms with Crippen molar-refractivity contribution >= 4 is 0 Å². The van der Waals surface area contributed by atoms with Crippen LogP contribution in [0.5, 0.6) is 0 Å². The molecule has 0 aliphatic carbocycles. The number of rotatable bonds is 7. The maximum Gasteiger partial charge on any atom is 0.226 e. The van der Waals surface area contributed by atoms with Gasteiger partial charge in [0.1, 0.15) is 0 Å². The van der Waals surface area contributed by atoms with E-state index in [1.807, 2.05) is 0 Å². The molecule has 2 unspecified atom stereocenters. The fourth-order valence-electron chi connectivity index (χ4n) is 2.45. The Labute approximate surface area is 114 Å². The molecule has 5 heteroatoms. The van der Waals surface area contributed by atoms with Gasteiger partial charge in [-0.15, -0.1) is 0 Å². The lowest BCUT2D eigenvalue weighted by atomic mass is 10.0. The van der Waals surface area contributed by atoms with Crippen LogP contribution in [0.2, 0.25) is 0 Å². The Morgan fingerprint density at radius 2 is 2.26 bits per heavy atom. The highest BCUT2D eigenvalue weighted by atomic mass is 16.5. The van der Waals surface area contributed by atoms with Gasteiger partial charge >= 0.3 is 0 Å². The molecule has 1 aliphatic heterocycles. The summed E-state index contributed by atoms with van der Waals surface area (Å²) >= 11 is 0. The molecule has 2 rings (SSSR count). The predicted octanol–water partition coefficient (Wildman–Crippen LogP) is 2.10. The Bertz CT molecular complexity index is 361. The van der Waals surface area contributed by atoms with Crippen LogP contribution in [0, 0.1) is 5.92 Å². The highest BCUT2D eigenvalue weighted by Gasteiger charge is 2.17. The summed E-state index contributed by atoms with van der Waals surface area (Å²) < 4.78 is 11.0. The van der Waals surface area contributed by atoms with Gasteiger partial charge < -0.3 is 15.0 Å². The van der Waals surface area contributed by atoms with Crippen LogP contribution in [0.4, 0.5) is 0 Å². The standard InChI is InChI=1S/C14H25N3O2/c1-11(7-8-15)5-6-14-16-13(17-19-14)10-12-4-2-3-9-18-12/h11-12H,2-10,15H2,1H3. The average molecular weight is 267 g/mol. The van der Waals surface area contributed by atoms with E-state index in [0.29, 0.717) is 5.92 Å². The maximum absolute atomic E-state index is 5.69. The monoisotopic (exact) mass is 267 g/mol. The van der Waals surface area contributed by atoms with Gasteiger partial charge in [-0.25, -0.2) is 0 Å². The molecule has 19 heavy (non-hydrogen) atoms. The minimum absolute atomic E-state index is 0.273. The van der Waals surface area contributed by atoms with E-state index >= 15 is 0 Å². The lowest BCUT2D eigenvalue weighted by Crippen LogP contribution is -2.21. The van der Waals surface area contributed by atoms with Crippen molar-refractivity contribution in [2.24, 2.45) is 11.7 Å². The molecule has 2 N–H and O–H groups in total. The summed E-state index contributed by atoms with van der Waals surface area (Å²) in [6.07, 6.45) is 7.53. The first-order chi connectivity index (χ1) is 9.28. The maximum atomic E-state index is 5.69. The summed E-state index contributed by atoms with van der Waals surface area (Å²) in [6.45, 7) is 3.82. The van der Waals surface area contributed by atoms with Crippen molar-refractivity contribution in [1.29, 1.82) is 0 Å². The summed E-state index contributed by atoms with van der Waals surface area (Å²) in [4.78, 5) is 4.45. The Kier molecular flexibility index (Phi) is 5.79. The van der Waals surface area contributed by atoms with Crippen LogP contribution in [0.25, 0.3) is 0 Å². The Balaban J connectivity index is 1.75. The van der Waals surface area contributed by atoms with Crippen molar-refractivity contribution < 1.29 is 9.26 Å². The molecule has 0 radical (unpaired) electrons. The largest absolute Gasteiger partial charge is 0.378 e. The topological polar surface area (TPSA) is 74.2 Å². The first-order valence-corrected chi connectivity index (χ1v) is 7.41. The highest BCUT2D eigenvalue weighted by Crippen LogP contribution is 2.17. The van der Waals surface area contributed by atoms with Crippen molar-refractivity contribution in [3.05, 3.63) is 11.7 Å². The van der Waals surface area contributed by atoms with Gasteiger partial charge in [0.2, 0.25) is 5.89 Å². The van der Waals surface area contributed by atoms with Gasteiger partial charge in [-0.05, 0) is 44.6 Å². The second-order valence-electron chi connectivity index (χ2n) is 5.52. The molecule has 1 aliphatic rings. The SMILES string of the molecule is CC(CCN)CCc1nc(CC2CCCCO2)no1. The third-order valence-electron chi connectivity index (χ3n) is 3.70. The third-order valence-corrected chi connectivity index (χ3v) is 3.70. The van der Waals surface area contributed by atoms with Crippen LogP contribution in [-0.4, -0.2) is 29.4 Å². The smallest absolute Gasteiger partial charge is 0.226 e. The van der Waals surface area contributed by atoms with E-state index in [1.54, 1.807) is 0 Å². The zero-order valence-electron chi connectivity index (χ0n) is 11.8. The van der Waals surface area contributed by atoms with Crippen molar-refractivity contribution in [2.45, 2.75) is 58.0 Å². The lowest BCUT2D eigenvalue weighted by molar-refractivity contribution is 0.0153. The van der Waals surface area contributed by atoms with Crippen molar-refractivity contribution in [3.8, 4) is 0 Å². The molecule has 5 nitrogen and oxygen atoms in total. The van der Waals surface area contributed by atoms with Gasteiger partial charge in [0, 0.05) is 19.4 Å². The first kappa shape index (κ1) is 14.5. The van der Waals surface area contributed by atoms with Gasteiger partial charge in [0.15, 0.2) is 5.82 Å². The average Bonchev–Trinajstić information content (AvgIpc) is 2.86. The minimum atomic E-state index is 0.273. The number of ether oxygens (including phenoxy) is 1. The molecular formula is C14H25N3O2. The van der Waals surface area contributed by atoms with Gasteiger partial charge in [0.25, 0.3) is 0 Å². The molecule has 0 aromatic carbocycles. The molecule has 108 valence electrons. The second-order valence-corrected chi connectivity index (χ2v) is 5.52. The molecule has 0 amide bonds. The number of hydrogen-bond donors (Lipinski definition) is 1. The normalized spacial score (nSPS) is 21.5. The van der Waals surface area contributed by atoms with Crippen molar-refractivity contribution in [1.82, 2.24) is 10.1 Å². The molecule has 1 saturated heterocycles. The Morgan fingerprint density at radius 1 is 1.37 bits per heavy atom. The third kappa shape index (κ3) is 4.91. The molecule has 1 fully saturated rings. The minimum Gasteiger partial charge on any atom is -0.378 e. The van der Waals surface area contributed by atoms with E-state index in [-0.39, 0.29) is 6.10 Å².